The van der Waals surface area contributed by atoms with Crippen molar-refractivity contribution in [3.05, 3.63) is 10.2 Å². The zero-order valence-electron chi connectivity index (χ0n) is 11.1. The second kappa shape index (κ2) is 4.55. The molecule has 0 unspecified atom stereocenters. The van der Waals surface area contributed by atoms with Gasteiger partial charge in [0.1, 0.15) is 5.82 Å². The maximum absolute atomic E-state index is 6.13. The highest BCUT2D eigenvalue weighted by Crippen LogP contribution is 2.51. The number of nitrogen functional groups attached to an aromatic ring is 1. The van der Waals surface area contributed by atoms with Crippen LogP contribution in [0.3, 0.4) is 0 Å². The third kappa shape index (κ3) is 1.98. The summed E-state index contributed by atoms with van der Waals surface area (Å²) >= 11 is 3.52. The average Bonchev–Trinajstić information content (AvgIpc) is 2.92. The number of hydrogen-bond acceptors (Lipinski definition) is 2. The van der Waals surface area contributed by atoms with Gasteiger partial charge in [-0.1, -0.05) is 12.8 Å². The van der Waals surface area contributed by atoms with Crippen molar-refractivity contribution >= 4 is 21.7 Å². The van der Waals surface area contributed by atoms with Crippen LogP contribution in [0, 0.1) is 12.3 Å². The summed E-state index contributed by atoms with van der Waals surface area (Å²) in [5.74, 6) is 0.805. The normalized spacial score (nSPS) is 23.9. The Balaban J connectivity index is 1.74. The number of rotatable bonds is 1. The number of hydrogen-bond donors (Lipinski definition) is 1. The molecule has 0 aromatic carbocycles. The monoisotopic (exact) mass is 311 g/mol. The maximum atomic E-state index is 6.13. The lowest BCUT2D eigenvalue weighted by atomic mass is 9.71. The number of nitrogens with two attached hydrogens (primary N) is 1. The number of aromatic nitrogens is 2. The molecule has 18 heavy (non-hydrogen) atoms. The number of aryl methyl sites for hydroxylation is 1. The van der Waals surface area contributed by atoms with Gasteiger partial charge in [0.15, 0.2) is 0 Å². The minimum absolute atomic E-state index is 0.515. The first-order valence-electron chi connectivity index (χ1n) is 7.11. The number of halogens is 1. The number of nitrogens with zero attached hydrogens (tertiary/aromatic N) is 2. The van der Waals surface area contributed by atoms with Gasteiger partial charge >= 0.3 is 0 Å². The van der Waals surface area contributed by atoms with E-state index in [1.807, 2.05) is 6.92 Å². The van der Waals surface area contributed by atoms with Crippen LogP contribution in [0.15, 0.2) is 4.47 Å². The van der Waals surface area contributed by atoms with Crippen LogP contribution in [0.5, 0.6) is 0 Å². The van der Waals surface area contributed by atoms with Gasteiger partial charge in [0.2, 0.25) is 0 Å². The van der Waals surface area contributed by atoms with E-state index in [0.29, 0.717) is 11.5 Å². The summed E-state index contributed by atoms with van der Waals surface area (Å²) < 4.78 is 3.03. The lowest BCUT2D eigenvalue weighted by molar-refractivity contribution is 0.153. The third-order valence-electron chi connectivity index (χ3n) is 5.07. The highest BCUT2D eigenvalue weighted by Gasteiger charge is 2.38. The molecule has 0 bridgehead atoms. The first-order chi connectivity index (χ1) is 8.61. The van der Waals surface area contributed by atoms with Crippen LogP contribution in [0.4, 0.5) is 5.82 Å². The van der Waals surface area contributed by atoms with Crippen LogP contribution in [0.1, 0.15) is 63.1 Å². The van der Waals surface area contributed by atoms with Gasteiger partial charge in [0.25, 0.3) is 0 Å². The topological polar surface area (TPSA) is 43.8 Å². The van der Waals surface area contributed by atoms with Crippen LogP contribution in [0.25, 0.3) is 0 Å². The standard InChI is InChI=1S/C14H22BrN3/c1-10-12(15)13(16)18(17-10)11-4-8-14(9-5-11)6-2-3-7-14/h11H,2-9,16H2,1H3. The molecule has 1 aromatic heterocycles. The van der Waals surface area contributed by atoms with Crippen LogP contribution in [-0.2, 0) is 0 Å². The van der Waals surface area contributed by atoms with Gasteiger partial charge in [-0.15, -0.1) is 0 Å². The molecule has 3 rings (SSSR count). The molecule has 0 radical (unpaired) electrons. The molecule has 0 amide bonds. The van der Waals surface area contributed by atoms with E-state index < -0.39 is 0 Å². The molecule has 2 fully saturated rings. The highest BCUT2D eigenvalue weighted by molar-refractivity contribution is 9.10. The average molecular weight is 312 g/mol. The molecule has 3 nitrogen and oxygen atoms in total. The molecule has 2 N–H and O–H groups in total. The first-order valence-corrected chi connectivity index (χ1v) is 7.91. The van der Waals surface area contributed by atoms with Crippen LogP contribution < -0.4 is 5.73 Å². The van der Waals surface area contributed by atoms with Crippen molar-refractivity contribution in [3.8, 4) is 0 Å². The molecule has 1 aromatic rings. The van der Waals surface area contributed by atoms with Crippen LogP contribution in [0.2, 0.25) is 0 Å². The lowest BCUT2D eigenvalue weighted by Gasteiger charge is -2.37. The maximum Gasteiger partial charge on any atom is 0.136 e. The molecule has 2 saturated carbocycles. The Labute approximate surface area is 117 Å². The highest BCUT2D eigenvalue weighted by atomic mass is 79.9. The molecule has 0 saturated heterocycles. The van der Waals surface area contributed by atoms with Crippen molar-refractivity contribution in [3.63, 3.8) is 0 Å². The van der Waals surface area contributed by atoms with Crippen molar-refractivity contribution in [2.75, 3.05) is 5.73 Å². The fraction of sp³-hybridized carbons (Fsp3) is 0.786. The first kappa shape index (κ1) is 12.5. The predicted octanol–water partition coefficient (Wildman–Crippen LogP) is 4.21. The smallest absolute Gasteiger partial charge is 0.136 e. The zero-order chi connectivity index (χ0) is 12.8. The van der Waals surface area contributed by atoms with E-state index in [1.54, 1.807) is 0 Å². The van der Waals surface area contributed by atoms with E-state index in [1.165, 1.54) is 51.4 Å². The van der Waals surface area contributed by atoms with E-state index in [4.69, 9.17) is 5.73 Å². The predicted molar refractivity (Wildman–Crippen MR) is 77.5 cm³/mol. The van der Waals surface area contributed by atoms with Gasteiger partial charge in [-0.2, -0.15) is 5.10 Å². The van der Waals surface area contributed by atoms with E-state index >= 15 is 0 Å². The Kier molecular flexibility index (Phi) is 3.16. The van der Waals surface area contributed by atoms with Crippen LogP contribution in [-0.4, -0.2) is 9.78 Å². The van der Waals surface area contributed by atoms with Crippen molar-refractivity contribution in [2.24, 2.45) is 5.41 Å². The van der Waals surface area contributed by atoms with E-state index in [-0.39, 0.29) is 0 Å². The van der Waals surface area contributed by atoms with Gasteiger partial charge in [-0.05, 0) is 66.8 Å². The van der Waals surface area contributed by atoms with Gasteiger partial charge in [-0.25, -0.2) is 4.68 Å². The molecule has 2 aliphatic carbocycles. The fourth-order valence-electron chi connectivity index (χ4n) is 3.91. The second-order valence-corrected chi connectivity index (χ2v) is 6.96. The minimum Gasteiger partial charge on any atom is -0.383 e. The molecular weight excluding hydrogens is 290 g/mol. The van der Waals surface area contributed by atoms with Crippen molar-refractivity contribution in [1.29, 1.82) is 0 Å². The molecular formula is C14H22BrN3. The Bertz CT molecular complexity index is 436. The van der Waals surface area contributed by atoms with E-state index in [9.17, 15) is 0 Å². The van der Waals surface area contributed by atoms with Crippen molar-refractivity contribution in [2.45, 2.75) is 64.3 Å². The van der Waals surface area contributed by atoms with Gasteiger partial charge in [0.05, 0.1) is 16.2 Å². The van der Waals surface area contributed by atoms with E-state index in [0.717, 1.165) is 16.0 Å². The largest absolute Gasteiger partial charge is 0.383 e. The molecule has 0 aliphatic heterocycles. The molecule has 1 spiro atoms. The second-order valence-electron chi connectivity index (χ2n) is 6.17. The summed E-state index contributed by atoms with van der Waals surface area (Å²) in [4.78, 5) is 0. The third-order valence-corrected chi connectivity index (χ3v) is 6.05. The molecule has 2 aliphatic rings. The molecule has 4 heteroatoms. The summed E-state index contributed by atoms with van der Waals surface area (Å²) in [5, 5.41) is 4.59. The SMILES string of the molecule is Cc1nn(C2CCC3(CCCC3)CC2)c(N)c1Br. The minimum atomic E-state index is 0.515. The quantitative estimate of drug-likeness (QED) is 0.844. The molecule has 0 atom stereocenters. The Hall–Kier alpha value is -0.510. The van der Waals surface area contributed by atoms with Crippen LogP contribution >= 0.6 is 15.9 Å². The fourth-order valence-corrected chi connectivity index (χ4v) is 4.17. The van der Waals surface area contributed by atoms with Gasteiger partial charge in [-0.3, -0.25) is 0 Å². The van der Waals surface area contributed by atoms with Gasteiger partial charge < -0.3 is 5.73 Å². The number of anilines is 1. The lowest BCUT2D eigenvalue weighted by Crippen LogP contribution is -2.27. The summed E-state index contributed by atoms with van der Waals surface area (Å²) in [6.07, 6.45) is 11.0. The summed E-state index contributed by atoms with van der Waals surface area (Å²) in [7, 11) is 0. The Morgan fingerprint density at radius 1 is 1.22 bits per heavy atom. The summed E-state index contributed by atoms with van der Waals surface area (Å²) in [5.41, 5.74) is 7.83. The zero-order valence-corrected chi connectivity index (χ0v) is 12.7. The van der Waals surface area contributed by atoms with Crippen molar-refractivity contribution < 1.29 is 0 Å². The van der Waals surface area contributed by atoms with Gasteiger partial charge in [0, 0.05) is 0 Å². The Morgan fingerprint density at radius 2 is 1.83 bits per heavy atom. The Morgan fingerprint density at radius 3 is 2.33 bits per heavy atom. The summed E-state index contributed by atoms with van der Waals surface area (Å²) in [6.45, 7) is 2.01. The van der Waals surface area contributed by atoms with E-state index in [2.05, 4.69) is 25.7 Å². The summed E-state index contributed by atoms with van der Waals surface area (Å²) in [6, 6.07) is 0.515. The van der Waals surface area contributed by atoms with Crippen molar-refractivity contribution in [1.82, 2.24) is 9.78 Å². The molecule has 100 valence electrons. The molecule has 1 heterocycles.